The van der Waals surface area contributed by atoms with Crippen LogP contribution in [0.25, 0.3) is 0 Å². The molecule has 0 saturated heterocycles. The molecule has 1 aliphatic rings. The Morgan fingerprint density at radius 1 is 1.83 bits per heavy atom. The minimum atomic E-state index is 0.437. The number of rotatable bonds is 4. The van der Waals surface area contributed by atoms with Crippen molar-refractivity contribution in [1.82, 2.24) is 0 Å². The van der Waals surface area contributed by atoms with E-state index in [9.17, 15) is 0 Å². The van der Waals surface area contributed by atoms with Crippen LogP contribution in [0.1, 0.15) is 6.92 Å². The van der Waals surface area contributed by atoms with E-state index in [0.29, 0.717) is 6.61 Å². The fraction of sp³-hybridized carbons (Fsp3) is 0.333. The number of hydrogen-bond donors (Lipinski definition) is 0. The maximum Gasteiger partial charge on any atom is 0.135 e. The highest BCUT2D eigenvalue weighted by atomic mass is 16.6. The van der Waals surface area contributed by atoms with Crippen LogP contribution in [0.5, 0.6) is 0 Å². The fourth-order valence-corrected chi connectivity index (χ4v) is 0.836. The second kappa shape index (κ2) is 4.49. The Kier molecular flexibility index (Phi) is 3.26. The molecule has 0 atom stereocenters. The van der Waals surface area contributed by atoms with Gasteiger partial charge in [0, 0.05) is 0 Å². The van der Waals surface area contributed by atoms with E-state index >= 15 is 0 Å². The van der Waals surface area contributed by atoms with Crippen molar-refractivity contribution < 1.29 is 4.84 Å². The zero-order valence-corrected chi connectivity index (χ0v) is 7.16. The van der Waals surface area contributed by atoms with Crippen molar-refractivity contribution in [3.8, 4) is 0 Å². The molecule has 1 aliphatic heterocycles. The molecule has 1 heterocycles. The second-order valence-corrected chi connectivity index (χ2v) is 2.43. The molecule has 0 aromatic carbocycles. The summed E-state index contributed by atoms with van der Waals surface area (Å²) in [5.74, 6) is 0. The van der Waals surface area contributed by atoms with Gasteiger partial charge in [-0.25, -0.2) is 0 Å². The van der Waals surface area contributed by atoms with Crippen LogP contribution in [0.2, 0.25) is 0 Å². The van der Waals surface area contributed by atoms with E-state index in [4.69, 9.17) is 4.84 Å². The number of allylic oxidation sites excluding steroid dienone is 1. The van der Waals surface area contributed by atoms with Crippen molar-refractivity contribution in [3.05, 3.63) is 24.3 Å². The lowest BCUT2D eigenvalue weighted by atomic mass is 10.2. The lowest BCUT2D eigenvalue weighted by molar-refractivity contribution is 0.177. The summed E-state index contributed by atoms with van der Waals surface area (Å²) in [5.41, 5.74) is 2.06. The molecule has 3 heteroatoms. The minimum Gasteiger partial charge on any atom is -0.392 e. The second-order valence-electron chi connectivity index (χ2n) is 2.43. The lowest BCUT2D eigenvalue weighted by Gasteiger charge is -1.93. The van der Waals surface area contributed by atoms with Gasteiger partial charge in [0.05, 0.1) is 18.5 Å². The van der Waals surface area contributed by atoms with Crippen LogP contribution in [0.3, 0.4) is 0 Å². The number of nitrogens with zero attached hydrogens (tertiary/aromatic N) is 2. The van der Waals surface area contributed by atoms with Crippen molar-refractivity contribution in [2.75, 3.05) is 13.2 Å². The van der Waals surface area contributed by atoms with Gasteiger partial charge in [0.15, 0.2) is 0 Å². The van der Waals surface area contributed by atoms with Gasteiger partial charge in [-0.15, -0.1) is 0 Å². The fourth-order valence-electron chi connectivity index (χ4n) is 0.836. The first-order valence-corrected chi connectivity index (χ1v) is 3.82. The Hall–Kier alpha value is -1.38. The Morgan fingerprint density at radius 2 is 2.67 bits per heavy atom. The summed E-state index contributed by atoms with van der Waals surface area (Å²) in [6.07, 6.45) is 5.33. The molecule has 0 radical (unpaired) electrons. The highest BCUT2D eigenvalue weighted by Gasteiger charge is 2.02. The summed E-state index contributed by atoms with van der Waals surface area (Å²) in [6.45, 7) is 6.71. The van der Waals surface area contributed by atoms with E-state index in [1.54, 1.807) is 12.3 Å². The van der Waals surface area contributed by atoms with Gasteiger partial charge in [-0.1, -0.05) is 23.9 Å². The van der Waals surface area contributed by atoms with Crippen molar-refractivity contribution in [3.63, 3.8) is 0 Å². The van der Waals surface area contributed by atoms with Crippen LogP contribution in [-0.4, -0.2) is 25.1 Å². The van der Waals surface area contributed by atoms with Gasteiger partial charge in [-0.05, 0) is 12.5 Å². The van der Waals surface area contributed by atoms with Crippen LogP contribution >= 0.6 is 0 Å². The van der Waals surface area contributed by atoms with E-state index in [1.165, 1.54) is 0 Å². The van der Waals surface area contributed by atoms with Crippen molar-refractivity contribution in [2.24, 2.45) is 10.1 Å². The highest BCUT2D eigenvalue weighted by Crippen LogP contribution is 2.02. The van der Waals surface area contributed by atoms with Gasteiger partial charge in [0.2, 0.25) is 0 Å². The topological polar surface area (TPSA) is 34.0 Å². The van der Waals surface area contributed by atoms with E-state index in [-0.39, 0.29) is 0 Å². The van der Waals surface area contributed by atoms with Crippen molar-refractivity contribution in [2.45, 2.75) is 6.92 Å². The average molecular weight is 164 g/mol. The molecule has 1 rings (SSSR count). The van der Waals surface area contributed by atoms with Crippen LogP contribution in [0.4, 0.5) is 0 Å². The lowest BCUT2D eigenvalue weighted by Crippen LogP contribution is -1.98. The van der Waals surface area contributed by atoms with Crippen LogP contribution < -0.4 is 0 Å². The molecule has 0 amide bonds. The van der Waals surface area contributed by atoms with Crippen LogP contribution in [-0.2, 0) is 4.84 Å². The number of hydrogen-bond acceptors (Lipinski definition) is 3. The molecule has 0 saturated carbocycles. The summed E-state index contributed by atoms with van der Waals surface area (Å²) >= 11 is 0. The molecule has 0 unspecified atom stereocenters. The molecule has 0 aliphatic carbocycles. The first kappa shape index (κ1) is 8.71. The first-order chi connectivity index (χ1) is 5.84. The molecule has 3 nitrogen and oxygen atoms in total. The Labute approximate surface area is 72.1 Å². The predicted molar refractivity (Wildman–Crippen MR) is 50.7 cm³/mol. The number of oxime groups is 1. The summed E-state index contributed by atoms with van der Waals surface area (Å²) in [4.78, 5) is 9.02. The third kappa shape index (κ3) is 2.34. The summed E-state index contributed by atoms with van der Waals surface area (Å²) in [5, 5.41) is 3.73. The Balaban J connectivity index is 2.36. The molecule has 0 N–H and O–H groups in total. The van der Waals surface area contributed by atoms with E-state index < -0.39 is 0 Å². The smallest absolute Gasteiger partial charge is 0.135 e. The molecular formula is C9H12N2O. The quantitative estimate of drug-likeness (QED) is 0.269. The van der Waals surface area contributed by atoms with E-state index in [1.807, 2.05) is 6.92 Å². The predicted octanol–water partition coefficient (Wildman–Crippen LogP) is 1.58. The summed E-state index contributed by atoms with van der Waals surface area (Å²) in [6, 6.07) is 0. The maximum absolute atomic E-state index is 4.84. The third-order valence-corrected chi connectivity index (χ3v) is 1.51. The molecule has 0 bridgehead atoms. The average Bonchev–Trinajstić information content (AvgIpc) is 2.46. The van der Waals surface area contributed by atoms with Crippen LogP contribution in [0.15, 0.2) is 34.5 Å². The van der Waals surface area contributed by atoms with Crippen molar-refractivity contribution >= 4 is 11.9 Å². The molecular weight excluding hydrogens is 152 g/mol. The van der Waals surface area contributed by atoms with Crippen LogP contribution in [0, 0.1) is 0 Å². The maximum atomic E-state index is 4.84. The molecule has 0 aromatic rings. The van der Waals surface area contributed by atoms with Gasteiger partial charge in [-0.2, -0.15) is 0 Å². The zero-order valence-electron chi connectivity index (χ0n) is 7.16. The molecule has 0 aromatic heterocycles. The number of aliphatic imine (C=N–C) groups is 1. The van der Waals surface area contributed by atoms with E-state index in [2.05, 4.69) is 22.8 Å². The van der Waals surface area contributed by atoms with Gasteiger partial charge >= 0.3 is 0 Å². The molecule has 0 spiro atoms. The normalized spacial score (nSPS) is 16.1. The zero-order chi connectivity index (χ0) is 8.81. The van der Waals surface area contributed by atoms with Gasteiger partial charge in [-0.3, -0.25) is 4.99 Å². The Morgan fingerprint density at radius 3 is 3.25 bits per heavy atom. The van der Waals surface area contributed by atoms with E-state index in [0.717, 1.165) is 17.8 Å². The van der Waals surface area contributed by atoms with Gasteiger partial charge in [0.25, 0.3) is 0 Å². The SMILES string of the molecule is C=CCO/N=C/C1=NCC=C1C. The Bertz CT molecular complexity index is 251. The van der Waals surface area contributed by atoms with Crippen molar-refractivity contribution in [1.29, 1.82) is 0 Å². The summed E-state index contributed by atoms with van der Waals surface area (Å²) < 4.78 is 0. The molecule has 12 heavy (non-hydrogen) atoms. The third-order valence-electron chi connectivity index (χ3n) is 1.51. The van der Waals surface area contributed by atoms with Gasteiger partial charge < -0.3 is 4.84 Å². The molecule has 64 valence electrons. The highest BCUT2D eigenvalue weighted by molar-refractivity contribution is 6.38. The molecule has 0 fully saturated rings. The largest absolute Gasteiger partial charge is 0.392 e. The standard InChI is InChI=1S/C9H12N2O/c1-3-6-12-11-7-9-8(2)4-5-10-9/h3-4,7H,1,5-6H2,2H3/b11-7+. The summed E-state index contributed by atoms with van der Waals surface area (Å²) in [7, 11) is 0. The first-order valence-electron chi connectivity index (χ1n) is 3.82. The van der Waals surface area contributed by atoms with Gasteiger partial charge in [0.1, 0.15) is 6.61 Å². The minimum absolute atomic E-state index is 0.437. The monoisotopic (exact) mass is 164 g/mol.